The van der Waals surface area contributed by atoms with Gasteiger partial charge in [0.25, 0.3) is 0 Å². The largest absolute Gasteiger partial charge is 0.481 e. The fraction of sp³-hybridized carbons (Fsp3) is 0.400. The van der Waals surface area contributed by atoms with Crippen LogP contribution < -0.4 is 16.4 Å². The van der Waals surface area contributed by atoms with Crippen LogP contribution >= 0.6 is 0 Å². The number of amides is 2. The lowest BCUT2D eigenvalue weighted by molar-refractivity contribution is -0.135. The zero-order chi connectivity index (χ0) is 14.3. The van der Waals surface area contributed by atoms with Gasteiger partial charge in [-0.05, 0) is 0 Å². The first-order chi connectivity index (χ1) is 9.00. The van der Waals surface area contributed by atoms with E-state index in [2.05, 4.69) is 20.7 Å². The lowest BCUT2D eigenvalue weighted by Gasteiger charge is -2.05. The van der Waals surface area contributed by atoms with Crippen molar-refractivity contribution in [2.24, 2.45) is 12.0 Å². The number of nitrogens with one attached hydrogen (secondary N) is 2. The molecule has 0 aliphatic heterocycles. The number of carbonyl (C=O) groups is 2. The van der Waals surface area contributed by atoms with E-state index >= 15 is 0 Å². The number of aliphatic carboxylic acids is 1. The molecular formula is C10H16N6O3. The molecule has 0 radical (unpaired) electrons. The quantitative estimate of drug-likeness (QED) is 0.414. The first-order valence-corrected chi connectivity index (χ1v) is 5.53. The smallest absolute Gasteiger partial charge is 0.319 e. The molecule has 0 unspecified atom stereocenters. The molecule has 0 aliphatic carbocycles. The summed E-state index contributed by atoms with van der Waals surface area (Å²) in [5, 5.41) is 17.3. The molecular weight excluding hydrogens is 252 g/mol. The molecule has 0 fully saturated rings. The Morgan fingerprint density at radius 2 is 2.37 bits per heavy atom. The number of urea groups is 1. The monoisotopic (exact) mass is 268 g/mol. The third kappa shape index (κ3) is 5.06. The van der Waals surface area contributed by atoms with Gasteiger partial charge < -0.3 is 21.5 Å². The van der Waals surface area contributed by atoms with Crippen molar-refractivity contribution in [1.29, 1.82) is 0 Å². The van der Waals surface area contributed by atoms with Gasteiger partial charge in [-0.15, -0.1) is 0 Å². The van der Waals surface area contributed by atoms with E-state index in [1.54, 1.807) is 7.05 Å². The number of hydrogen-bond acceptors (Lipinski definition) is 5. The predicted octanol–water partition coefficient (Wildman–Crippen LogP) is -0.331. The Labute approximate surface area is 109 Å². The zero-order valence-corrected chi connectivity index (χ0v) is 10.5. The second-order valence-corrected chi connectivity index (χ2v) is 3.63. The van der Waals surface area contributed by atoms with Crippen LogP contribution in [0.2, 0.25) is 0 Å². The van der Waals surface area contributed by atoms with Crippen LogP contribution in [0.5, 0.6) is 0 Å². The van der Waals surface area contributed by atoms with Gasteiger partial charge in [0.2, 0.25) is 0 Å². The molecule has 0 atom stereocenters. The standard InChI is InChI=1S/C10H16N6O3/c1-16-9(11)7(6-14-16)15-10(19)13-5-4-12-3-2-8(17)18/h3,6H,2,4-5,11H2,1H3,(H,17,18)(H2,13,15,19)/b12-3+. The summed E-state index contributed by atoms with van der Waals surface area (Å²) in [6.07, 6.45) is 2.61. The van der Waals surface area contributed by atoms with Crippen LogP contribution in [-0.2, 0) is 11.8 Å². The van der Waals surface area contributed by atoms with Gasteiger partial charge in [-0.25, -0.2) is 4.79 Å². The summed E-state index contributed by atoms with van der Waals surface area (Å²) in [5.41, 5.74) is 6.08. The fourth-order valence-electron chi connectivity index (χ4n) is 1.18. The molecule has 9 heteroatoms. The molecule has 0 saturated carbocycles. The Kier molecular flexibility index (Phi) is 5.33. The third-order valence-corrected chi connectivity index (χ3v) is 2.15. The molecule has 0 bridgehead atoms. The van der Waals surface area contributed by atoms with Crippen LogP contribution in [0.4, 0.5) is 16.3 Å². The molecule has 104 valence electrons. The van der Waals surface area contributed by atoms with Gasteiger partial charge in [0.1, 0.15) is 11.5 Å². The minimum absolute atomic E-state index is 0.127. The Morgan fingerprint density at radius 1 is 1.63 bits per heavy atom. The summed E-state index contributed by atoms with van der Waals surface area (Å²) in [7, 11) is 1.66. The molecule has 0 aromatic carbocycles. The fourth-order valence-corrected chi connectivity index (χ4v) is 1.18. The maximum absolute atomic E-state index is 11.5. The normalized spacial score (nSPS) is 10.6. The lowest BCUT2D eigenvalue weighted by atomic mass is 10.5. The van der Waals surface area contributed by atoms with E-state index in [1.165, 1.54) is 17.1 Å². The van der Waals surface area contributed by atoms with Crippen molar-refractivity contribution in [3.63, 3.8) is 0 Å². The second-order valence-electron chi connectivity index (χ2n) is 3.63. The summed E-state index contributed by atoms with van der Waals surface area (Å²) in [6, 6.07) is -0.423. The lowest BCUT2D eigenvalue weighted by Crippen LogP contribution is -2.30. The average molecular weight is 268 g/mol. The van der Waals surface area contributed by atoms with Crippen LogP contribution in [0.3, 0.4) is 0 Å². The van der Waals surface area contributed by atoms with E-state index in [4.69, 9.17) is 10.8 Å². The van der Waals surface area contributed by atoms with E-state index in [0.29, 0.717) is 24.6 Å². The number of nitrogens with zero attached hydrogens (tertiary/aromatic N) is 3. The first-order valence-electron chi connectivity index (χ1n) is 5.53. The number of carboxylic acid groups (broad SMARTS) is 1. The molecule has 5 N–H and O–H groups in total. The van der Waals surface area contributed by atoms with Crippen LogP contribution in [0.15, 0.2) is 11.2 Å². The van der Waals surface area contributed by atoms with Crippen molar-refractivity contribution in [3.05, 3.63) is 6.20 Å². The number of nitrogens with two attached hydrogens (primary N) is 1. The molecule has 2 amide bonds. The number of aromatic nitrogens is 2. The van der Waals surface area contributed by atoms with Crippen molar-refractivity contribution < 1.29 is 14.7 Å². The van der Waals surface area contributed by atoms with Gasteiger partial charge in [0.15, 0.2) is 0 Å². The van der Waals surface area contributed by atoms with Gasteiger partial charge in [-0.1, -0.05) is 0 Å². The highest BCUT2D eigenvalue weighted by Crippen LogP contribution is 2.14. The SMILES string of the molecule is Cn1ncc(NC(=O)NCC/N=C/CC(=O)O)c1N. The van der Waals surface area contributed by atoms with Crippen LogP contribution in [0.25, 0.3) is 0 Å². The summed E-state index contributed by atoms with van der Waals surface area (Å²) in [5.74, 6) is -0.587. The number of carbonyl (C=O) groups excluding carboxylic acids is 1. The zero-order valence-electron chi connectivity index (χ0n) is 10.5. The summed E-state index contributed by atoms with van der Waals surface area (Å²) in [4.78, 5) is 25.5. The number of hydrogen-bond donors (Lipinski definition) is 4. The summed E-state index contributed by atoms with van der Waals surface area (Å²) >= 11 is 0. The maximum Gasteiger partial charge on any atom is 0.319 e. The Bertz CT molecular complexity index is 482. The van der Waals surface area contributed by atoms with Crippen LogP contribution in [-0.4, -0.2) is 46.2 Å². The van der Waals surface area contributed by atoms with Crippen LogP contribution in [0, 0.1) is 0 Å². The Hall–Kier alpha value is -2.58. The molecule has 0 saturated heterocycles. The molecule has 1 aromatic heterocycles. The first kappa shape index (κ1) is 14.5. The molecule has 19 heavy (non-hydrogen) atoms. The van der Waals surface area contributed by atoms with E-state index in [-0.39, 0.29) is 6.42 Å². The highest BCUT2D eigenvalue weighted by molar-refractivity contribution is 5.91. The third-order valence-electron chi connectivity index (χ3n) is 2.15. The minimum Gasteiger partial charge on any atom is -0.481 e. The number of nitrogen functional groups attached to an aromatic ring is 1. The van der Waals surface area contributed by atoms with Gasteiger partial charge in [0, 0.05) is 19.8 Å². The molecule has 1 heterocycles. The number of anilines is 2. The second kappa shape index (κ2) is 6.99. The van der Waals surface area contributed by atoms with E-state index in [9.17, 15) is 9.59 Å². The van der Waals surface area contributed by atoms with Crippen molar-refractivity contribution >= 4 is 29.7 Å². The van der Waals surface area contributed by atoms with Crippen LogP contribution in [0.1, 0.15) is 6.42 Å². The number of aliphatic imine (C=N–C) groups is 1. The molecule has 1 rings (SSSR count). The van der Waals surface area contributed by atoms with Crippen molar-refractivity contribution in [1.82, 2.24) is 15.1 Å². The maximum atomic E-state index is 11.5. The summed E-state index contributed by atoms with van der Waals surface area (Å²) < 4.78 is 1.44. The number of rotatable bonds is 6. The Balaban J connectivity index is 2.23. The number of aryl methyl sites for hydroxylation is 1. The van der Waals surface area contributed by atoms with Crippen molar-refractivity contribution in [3.8, 4) is 0 Å². The number of carboxylic acids is 1. The van der Waals surface area contributed by atoms with Gasteiger partial charge in [0.05, 0.1) is 19.2 Å². The summed E-state index contributed by atoms with van der Waals surface area (Å²) in [6.45, 7) is 0.603. The van der Waals surface area contributed by atoms with E-state index < -0.39 is 12.0 Å². The van der Waals surface area contributed by atoms with Gasteiger partial charge >= 0.3 is 12.0 Å². The predicted molar refractivity (Wildman–Crippen MR) is 70.3 cm³/mol. The highest BCUT2D eigenvalue weighted by Gasteiger charge is 2.07. The van der Waals surface area contributed by atoms with Crippen molar-refractivity contribution in [2.45, 2.75) is 6.42 Å². The molecule has 1 aromatic rings. The van der Waals surface area contributed by atoms with Gasteiger partial charge in [-0.2, -0.15) is 5.10 Å². The topological polar surface area (TPSA) is 135 Å². The van der Waals surface area contributed by atoms with Crippen molar-refractivity contribution in [2.75, 3.05) is 24.1 Å². The molecule has 0 aliphatic rings. The van der Waals surface area contributed by atoms with Gasteiger partial charge in [-0.3, -0.25) is 14.5 Å². The molecule has 9 nitrogen and oxygen atoms in total. The molecule has 0 spiro atoms. The minimum atomic E-state index is -0.943. The Morgan fingerprint density at radius 3 is 2.95 bits per heavy atom. The highest BCUT2D eigenvalue weighted by atomic mass is 16.4. The average Bonchev–Trinajstić information content (AvgIpc) is 2.65. The van der Waals surface area contributed by atoms with E-state index in [0.717, 1.165) is 0 Å². The van der Waals surface area contributed by atoms with E-state index in [1.807, 2.05) is 0 Å².